The largest absolute Gasteiger partial charge is 0.481 e. The van der Waals surface area contributed by atoms with Gasteiger partial charge in [-0.2, -0.15) is 0 Å². The van der Waals surface area contributed by atoms with Crippen LogP contribution in [0.15, 0.2) is 0 Å². The van der Waals surface area contributed by atoms with Gasteiger partial charge in [0.1, 0.15) is 48.3 Å². The number of aliphatic hydroxyl groups excluding tert-OH is 1. The number of hydrogen-bond acceptors (Lipinski definition) is 18. The number of hydrogen-bond donors (Lipinski definition) is 18. The zero-order chi connectivity index (χ0) is 57.2. The zero-order valence-corrected chi connectivity index (χ0v) is 40.0. The standard InChI is InChI=1S/C40H64N14O20/c1-15(2)9-19(49-36(69)20(10-27(44)58)50-33(66)18(5-8-30(61)62)47-32(65)16(41)3-6-25(42)56)35(68)52-22(13-31(63)64)38(71)51-21(11-28(45)59)37(70)54-24(14-55)39(72)48-17(4-7-26(43)57)34(67)53-23(40(73)74)12-29(46)60/h15-24,55H,3-14,41H2,1-2H3,(H2,42,56)(H2,43,57)(H2,44,58)(H2,45,59)(H2,46,60)(H,47,65)(H,48,72)(H,49,69)(H,50,66)(H,51,71)(H,52,68)(H,53,67)(H,54,70)(H,61,62)(H,63,64)(H,73,74). The van der Waals surface area contributed by atoms with Crippen LogP contribution in [0.2, 0.25) is 0 Å². The van der Waals surface area contributed by atoms with Gasteiger partial charge in [0.25, 0.3) is 0 Å². The van der Waals surface area contributed by atoms with Crippen molar-refractivity contribution in [2.24, 2.45) is 40.3 Å². The monoisotopic (exact) mass is 1060 g/mol. The van der Waals surface area contributed by atoms with Crippen molar-refractivity contribution in [1.82, 2.24) is 42.5 Å². The number of aliphatic hydroxyl groups is 1. The molecule has 9 unspecified atom stereocenters. The summed E-state index contributed by atoms with van der Waals surface area (Å²) in [6.45, 7) is 1.81. The van der Waals surface area contributed by atoms with Crippen LogP contribution < -0.4 is 76.9 Å². The molecule has 0 spiro atoms. The molecule has 0 heterocycles. The SMILES string of the molecule is CC(C)CC(NC(=O)C(CC(N)=O)NC(=O)C(CCC(=O)O)NC(=O)C(N)CCC(N)=O)C(=O)NC(CC(=O)O)C(=O)NC(CC(N)=O)C(=O)NC(CO)C(=O)NC(CCC(N)=O)C(=O)NC(CC(N)=O)C(=O)O. The van der Waals surface area contributed by atoms with Crippen molar-refractivity contribution in [3.05, 3.63) is 0 Å². The van der Waals surface area contributed by atoms with Gasteiger partial charge in [0, 0.05) is 19.3 Å². The highest BCUT2D eigenvalue weighted by atomic mass is 16.4. The average molecular weight is 1060 g/mol. The fourth-order valence-corrected chi connectivity index (χ4v) is 6.21. The van der Waals surface area contributed by atoms with Crippen LogP contribution in [0.3, 0.4) is 0 Å². The molecule has 0 aromatic carbocycles. The molecule has 0 aromatic heterocycles. The highest BCUT2D eigenvalue weighted by molar-refractivity contribution is 6.00. The maximum absolute atomic E-state index is 13.8. The van der Waals surface area contributed by atoms with Crippen molar-refractivity contribution >= 4 is 94.7 Å². The van der Waals surface area contributed by atoms with Crippen molar-refractivity contribution in [3.8, 4) is 0 Å². The first-order chi connectivity index (χ1) is 34.3. The van der Waals surface area contributed by atoms with Gasteiger partial charge in [0.05, 0.1) is 38.3 Å². The number of nitrogens with two attached hydrogens (primary N) is 6. The summed E-state index contributed by atoms with van der Waals surface area (Å²) in [6, 6.07) is -16.9. The molecule has 0 bridgehead atoms. The Morgan fingerprint density at radius 3 is 1.05 bits per heavy atom. The van der Waals surface area contributed by atoms with E-state index in [0.29, 0.717) is 0 Å². The number of amides is 13. The molecule has 0 fully saturated rings. The lowest BCUT2D eigenvalue weighted by Crippen LogP contribution is -2.61. The molecule has 0 saturated heterocycles. The third kappa shape index (κ3) is 26.6. The van der Waals surface area contributed by atoms with Crippen LogP contribution in [0.1, 0.15) is 84.5 Å². The van der Waals surface area contributed by atoms with Gasteiger partial charge >= 0.3 is 17.9 Å². The molecule has 0 aliphatic rings. The number of rotatable bonds is 37. The highest BCUT2D eigenvalue weighted by Gasteiger charge is 2.37. The van der Waals surface area contributed by atoms with Gasteiger partial charge in [-0.05, 0) is 31.6 Å². The fourth-order valence-electron chi connectivity index (χ4n) is 6.21. The van der Waals surface area contributed by atoms with Gasteiger partial charge in [0.15, 0.2) is 0 Å². The molecule has 9 atom stereocenters. The number of carbonyl (C=O) groups excluding carboxylic acids is 13. The Kier molecular flexibility index (Phi) is 28.7. The summed E-state index contributed by atoms with van der Waals surface area (Å²) in [5, 5.41) is 54.8. The average Bonchev–Trinajstić information content (AvgIpc) is 3.27. The third-order valence-corrected chi connectivity index (χ3v) is 9.89. The summed E-state index contributed by atoms with van der Waals surface area (Å²) >= 11 is 0. The van der Waals surface area contributed by atoms with Gasteiger partial charge in [-0.1, -0.05) is 13.8 Å². The summed E-state index contributed by atoms with van der Waals surface area (Å²) in [4.78, 5) is 200. The molecule has 0 aliphatic heterocycles. The third-order valence-electron chi connectivity index (χ3n) is 9.89. The van der Waals surface area contributed by atoms with Crippen molar-refractivity contribution in [3.63, 3.8) is 0 Å². The molecular weight excluding hydrogens is 997 g/mol. The second-order valence-electron chi connectivity index (χ2n) is 16.8. The Morgan fingerprint density at radius 1 is 0.365 bits per heavy atom. The Morgan fingerprint density at radius 2 is 0.676 bits per heavy atom. The topological polar surface area (TPSA) is 606 Å². The normalized spacial score (nSPS) is 14.4. The molecule has 74 heavy (non-hydrogen) atoms. The predicted molar refractivity (Wildman–Crippen MR) is 245 cm³/mol. The van der Waals surface area contributed by atoms with Crippen molar-refractivity contribution in [1.29, 1.82) is 0 Å². The first-order valence-corrected chi connectivity index (χ1v) is 22.1. The van der Waals surface area contributed by atoms with Crippen LogP contribution in [-0.4, -0.2) is 176 Å². The minimum Gasteiger partial charge on any atom is -0.481 e. The van der Waals surface area contributed by atoms with E-state index in [4.69, 9.17) is 34.4 Å². The fraction of sp³-hybridized carbons (Fsp3) is 0.600. The van der Waals surface area contributed by atoms with Gasteiger partial charge in [0.2, 0.25) is 76.8 Å². The smallest absolute Gasteiger partial charge is 0.326 e. The van der Waals surface area contributed by atoms with Crippen LogP contribution in [0, 0.1) is 5.92 Å². The molecule has 0 rings (SSSR count). The number of nitrogens with one attached hydrogen (secondary N) is 8. The van der Waals surface area contributed by atoms with E-state index >= 15 is 0 Å². The van der Waals surface area contributed by atoms with Gasteiger partial charge in [-0.25, -0.2) is 4.79 Å². The summed E-state index contributed by atoms with van der Waals surface area (Å²) < 4.78 is 0. The van der Waals surface area contributed by atoms with E-state index in [1.165, 1.54) is 0 Å². The molecule has 0 radical (unpaired) electrons. The molecule has 414 valence electrons. The second kappa shape index (κ2) is 32.4. The van der Waals surface area contributed by atoms with E-state index in [1.54, 1.807) is 13.8 Å². The Bertz CT molecular complexity index is 2140. The van der Waals surface area contributed by atoms with Gasteiger partial charge in [-0.15, -0.1) is 0 Å². The van der Waals surface area contributed by atoms with Crippen LogP contribution in [0.25, 0.3) is 0 Å². The lowest BCUT2D eigenvalue weighted by Gasteiger charge is -2.27. The molecule has 24 N–H and O–H groups in total. The summed E-state index contributed by atoms with van der Waals surface area (Å²) in [7, 11) is 0. The first kappa shape index (κ1) is 65.4. The van der Waals surface area contributed by atoms with E-state index in [9.17, 15) is 97.1 Å². The molecule has 0 saturated carbocycles. The number of aliphatic carboxylic acids is 3. The maximum atomic E-state index is 13.8. The zero-order valence-electron chi connectivity index (χ0n) is 40.0. The van der Waals surface area contributed by atoms with Crippen molar-refractivity contribution < 1.29 is 97.1 Å². The minimum absolute atomic E-state index is 0.276. The number of carbonyl (C=O) groups is 16. The Labute approximate surface area is 419 Å². The summed E-state index contributed by atoms with van der Waals surface area (Å²) in [5.74, 6) is -21.4. The van der Waals surface area contributed by atoms with Crippen LogP contribution in [-0.2, 0) is 76.7 Å². The van der Waals surface area contributed by atoms with Crippen molar-refractivity contribution in [2.75, 3.05) is 6.61 Å². The minimum atomic E-state index is -2.16. The molecule has 13 amide bonds. The highest BCUT2D eigenvalue weighted by Crippen LogP contribution is 2.10. The van der Waals surface area contributed by atoms with E-state index in [0.717, 1.165) is 0 Å². The lowest BCUT2D eigenvalue weighted by atomic mass is 10.0. The molecule has 34 nitrogen and oxygen atoms in total. The molecule has 0 aliphatic carbocycles. The molecule has 34 heteroatoms. The van der Waals surface area contributed by atoms with E-state index in [1.807, 2.05) is 21.3 Å². The number of carboxylic acids is 3. The number of primary amides is 5. The van der Waals surface area contributed by atoms with E-state index < -0.39 is 213 Å². The summed E-state index contributed by atoms with van der Waals surface area (Å²) in [6.07, 6.45) is -7.63. The van der Waals surface area contributed by atoms with Crippen molar-refractivity contribution in [2.45, 2.75) is 139 Å². The molecular formula is C40H64N14O20. The Balaban J connectivity index is 6.61. The summed E-state index contributed by atoms with van der Waals surface area (Å²) in [5.41, 5.74) is 31.5. The van der Waals surface area contributed by atoms with E-state index in [2.05, 4.69) is 21.3 Å². The van der Waals surface area contributed by atoms with Crippen LogP contribution >= 0.6 is 0 Å². The van der Waals surface area contributed by atoms with E-state index in [-0.39, 0.29) is 19.3 Å². The molecule has 0 aromatic rings. The maximum Gasteiger partial charge on any atom is 0.326 e. The lowest BCUT2D eigenvalue weighted by molar-refractivity contribution is -0.144. The first-order valence-electron chi connectivity index (χ1n) is 22.1. The van der Waals surface area contributed by atoms with Crippen LogP contribution in [0.5, 0.6) is 0 Å². The Hall–Kier alpha value is -8.56. The van der Waals surface area contributed by atoms with Gasteiger partial charge < -0.3 is 97.4 Å². The van der Waals surface area contributed by atoms with Crippen LogP contribution in [0.4, 0.5) is 0 Å². The predicted octanol–water partition coefficient (Wildman–Crippen LogP) is -10.2. The van der Waals surface area contributed by atoms with Gasteiger partial charge in [-0.3, -0.25) is 71.9 Å². The second-order valence-corrected chi connectivity index (χ2v) is 16.8. The quantitative estimate of drug-likeness (QED) is 0.0275. The number of carboxylic acid groups (broad SMARTS) is 3.